The molecule has 3 aromatic rings. The number of alkyl halides is 1. The summed E-state index contributed by atoms with van der Waals surface area (Å²) >= 11 is 0. The summed E-state index contributed by atoms with van der Waals surface area (Å²) in [5.74, 6) is -1.25. The number of halogens is 3. The molecule has 1 aliphatic heterocycles. The van der Waals surface area contributed by atoms with Crippen molar-refractivity contribution in [3.8, 4) is 17.0 Å². The summed E-state index contributed by atoms with van der Waals surface area (Å²) in [5, 5.41) is 4.54. The largest absolute Gasteiger partial charge is 0.463 e. The van der Waals surface area contributed by atoms with E-state index in [1.165, 1.54) is 18.2 Å². The van der Waals surface area contributed by atoms with Gasteiger partial charge in [0, 0.05) is 36.3 Å². The summed E-state index contributed by atoms with van der Waals surface area (Å²) in [6, 6.07) is 9.41. The zero-order valence-electron chi connectivity index (χ0n) is 16.5. The van der Waals surface area contributed by atoms with E-state index in [1.54, 1.807) is 34.8 Å². The van der Waals surface area contributed by atoms with E-state index in [0.717, 1.165) is 11.6 Å². The molecule has 1 amide bonds. The fourth-order valence-electron chi connectivity index (χ4n) is 4.02. The number of hydrogen-bond acceptors (Lipinski definition) is 3. The number of carbonyl (C=O) groups excluding carboxylic acids is 1. The Bertz CT molecular complexity index is 1090. The Balaban J connectivity index is 1.67. The van der Waals surface area contributed by atoms with Crippen molar-refractivity contribution in [2.45, 2.75) is 19.4 Å². The van der Waals surface area contributed by atoms with Gasteiger partial charge in [0.15, 0.2) is 0 Å². The zero-order valence-corrected chi connectivity index (χ0v) is 16.5. The summed E-state index contributed by atoms with van der Waals surface area (Å²) in [6.45, 7) is 1.30. The van der Waals surface area contributed by atoms with Crippen LogP contribution in [-0.4, -0.2) is 34.0 Å². The van der Waals surface area contributed by atoms with Crippen LogP contribution >= 0.6 is 0 Å². The van der Waals surface area contributed by atoms with Gasteiger partial charge in [-0.1, -0.05) is 6.07 Å². The van der Waals surface area contributed by atoms with Gasteiger partial charge in [-0.15, -0.1) is 0 Å². The number of aryl methyl sites for hydroxylation is 1. The van der Waals surface area contributed by atoms with Crippen molar-refractivity contribution in [1.82, 2.24) is 14.7 Å². The van der Waals surface area contributed by atoms with Gasteiger partial charge in [-0.2, -0.15) is 5.10 Å². The average Bonchev–Trinajstić information content (AvgIpc) is 3.04. The van der Waals surface area contributed by atoms with Crippen molar-refractivity contribution < 1.29 is 22.7 Å². The molecule has 0 fully saturated rings. The molecule has 1 aliphatic rings. The van der Waals surface area contributed by atoms with Gasteiger partial charge in [-0.05, 0) is 43.7 Å². The van der Waals surface area contributed by atoms with E-state index in [9.17, 15) is 18.0 Å². The molecule has 4 rings (SSSR count). The Hall–Kier alpha value is -3.29. The maximum Gasteiger partial charge on any atom is 0.254 e. The average molecular weight is 414 g/mol. The molecule has 2 heterocycles. The molecule has 0 radical (unpaired) electrons. The minimum Gasteiger partial charge on any atom is -0.463 e. The van der Waals surface area contributed by atoms with Crippen LogP contribution in [0.15, 0.2) is 42.5 Å². The van der Waals surface area contributed by atoms with E-state index in [-0.39, 0.29) is 17.7 Å². The van der Waals surface area contributed by atoms with E-state index in [4.69, 9.17) is 4.74 Å². The first kappa shape index (κ1) is 20.0. The number of rotatable bonds is 4. The predicted molar refractivity (Wildman–Crippen MR) is 105 cm³/mol. The molecule has 0 spiro atoms. The second kappa shape index (κ2) is 7.85. The van der Waals surface area contributed by atoms with Crippen molar-refractivity contribution in [2.24, 2.45) is 7.05 Å². The Morgan fingerprint density at radius 2 is 1.93 bits per heavy atom. The molecule has 5 nitrogen and oxygen atoms in total. The molecule has 0 aliphatic carbocycles. The second-order valence-corrected chi connectivity index (χ2v) is 7.20. The van der Waals surface area contributed by atoms with E-state index < -0.39 is 18.5 Å². The molecule has 0 saturated carbocycles. The van der Waals surface area contributed by atoms with Crippen molar-refractivity contribution in [3.63, 3.8) is 0 Å². The maximum absolute atomic E-state index is 13.7. The summed E-state index contributed by atoms with van der Waals surface area (Å²) in [7, 11) is 1.72. The zero-order chi connectivity index (χ0) is 21.4. The SMILES string of the molecule is C[C@H]1c2nn(C)c(-c3cc(F)cc(F)c3)c2CCN1C(=O)c1cccc(OC[18F])c1. The lowest BCUT2D eigenvalue weighted by molar-refractivity contribution is 0.0672. The number of fused-ring (bicyclic) bond motifs is 1. The minimum absolute atomic E-state index is 0.221. The van der Waals surface area contributed by atoms with Gasteiger partial charge in [0.1, 0.15) is 17.4 Å². The number of hydrogen-bond donors (Lipinski definition) is 0. The van der Waals surface area contributed by atoms with Crippen LogP contribution in [0.5, 0.6) is 5.75 Å². The molecule has 0 saturated heterocycles. The smallest absolute Gasteiger partial charge is 0.254 e. The molecular formula is C22H20F3N3O2. The summed E-state index contributed by atoms with van der Waals surface area (Å²) in [5.41, 5.74) is 2.99. The minimum atomic E-state index is -0.974. The summed E-state index contributed by atoms with van der Waals surface area (Å²) < 4.78 is 46.4. The van der Waals surface area contributed by atoms with Crippen molar-refractivity contribution >= 4 is 5.91 Å². The third kappa shape index (κ3) is 3.53. The summed E-state index contributed by atoms with van der Waals surface area (Å²) in [6.07, 6.45) is 0.493. The normalized spacial score (nSPS) is 15.8. The fourth-order valence-corrected chi connectivity index (χ4v) is 4.02. The predicted octanol–water partition coefficient (Wildman–Crippen LogP) is 4.43. The van der Waals surface area contributed by atoms with Crippen molar-refractivity contribution in [2.75, 3.05) is 13.4 Å². The monoisotopic (exact) mass is 414 g/mol. The lowest BCUT2D eigenvalue weighted by atomic mass is 9.95. The van der Waals surface area contributed by atoms with E-state index >= 15 is 0 Å². The van der Waals surface area contributed by atoms with E-state index in [0.29, 0.717) is 35.5 Å². The fraction of sp³-hybridized carbons (Fsp3) is 0.273. The lowest BCUT2D eigenvalue weighted by Crippen LogP contribution is -2.38. The quantitative estimate of drug-likeness (QED) is 0.635. The van der Waals surface area contributed by atoms with Crippen molar-refractivity contribution in [3.05, 3.63) is 70.9 Å². The van der Waals surface area contributed by atoms with Crippen LogP contribution in [0.2, 0.25) is 0 Å². The first-order valence-corrected chi connectivity index (χ1v) is 9.51. The molecule has 0 unspecified atom stereocenters. The van der Waals surface area contributed by atoms with Gasteiger partial charge in [0.05, 0.1) is 17.4 Å². The molecule has 2 aromatic carbocycles. The van der Waals surface area contributed by atoms with Crippen LogP contribution in [0.1, 0.15) is 34.6 Å². The van der Waals surface area contributed by atoms with Crippen LogP contribution in [0.4, 0.5) is 13.2 Å². The maximum atomic E-state index is 13.7. The highest BCUT2D eigenvalue weighted by molar-refractivity contribution is 5.95. The number of amides is 1. The van der Waals surface area contributed by atoms with Gasteiger partial charge in [-0.25, -0.2) is 13.2 Å². The topological polar surface area (TPSA) is 47.4 Å². The Labute approximate surface area is 171 Å². The van der Waals surface area contributed by atoms with Crippen LogP contribution in [0.25, 0.3) is 11.3 Å². The highest BCUT2D eigenvalue weighted by Gasteiger charge is 2.33. The standard InChI is InChI=1S/C22H20F3N3O2/c1-13-20-19(21(27(2)26-20)15-8-16(24)11-17(25)9-15)6-7-28(13)22(29)14-4-3-5-18(10-14)30-12-23/h3-5,8-11,13H,6-7,12H2,1-2H3/t13-/m0/s1/i23-1. The van der Waals surface area contributed by atoms with Gasteiger partial charge in [-0.3, -0.25) is 9.48 Å². The van der Waals surface area contributed by atoms with Gasteiger partial charge >= 0.3 is 0 Å². The van der Waals surface area contributed by atoms with Crippen LogP contribution < -0.4 is 4.74 Å². The molecule has 156 valence electrons. The molecule has 8 heteroatoms. The Morgan fingerprint density at radius 3 is 2.63 bits per heavy atom. The second-order valence-electron chi connectivity index (χ2n) is 7.20. The van der Waals surface area contributed by atoms with Gasteiger partial charge < -0.3 is 9.64 Å². The molecule has 0 N–H and O–H groups in total. The molecule has 1 aromatic heterocycles. The van der Waals surface area contributed by atoms with Gasteiger partial charge in [0.2, 0.25) is 6.86 Å². The van der Waals surface area contributed by atoms with Gasteiger partial charge in [0.25, 0.3) is 5.91 Å². The van der Waals surface area contributed by atoms with E-state index in [2.05, 4.69) is 5.10 Å². The Morgan fingerprint density at radius 1 is 1.20 bits per heavy atom. The highest BCUT2D eigenvalue weighted by Crippen LogP contribution is 2.36. The number of nitrogens with zero attached hydrogens (tertiary/aromatic N) is 3. The first-order valence-electron chi connectivity index (χ1n) is 9.51. The summed E-state index contributed by atoms with van der Waals surface area (Å²) in [4.78, 5) is 14.8. The van der Waals surface area contributed by atoms with E-state index in [1.807, 2.05) is 6.92 Å². The Kier molecular flexibility index (Phi) is 5.24. The van der Waals surface area contributed by atoms with Crippen LogP contribution in [-0.2, 0) is 13.5 Å². The number of aromatic nitrogens is 2. The third-order valence-corrected chi connectivity index (χ3v) is 5.34. The van der Waals surface area contributed by atoms with Crippen LogP contribution in [0.3, 0.4) is 0 Å². The molecule has 30 heavy (non-hydrogen) atoms. The van der Waals surface area contributed by atoms with Crippen molar-refractivity contribution in [1.29, 1.82) is 0 Å². The number of ether oxygens (including phenoxy) is 1. The first-order chi connectivity index (χ1) is 14.4. The number of benzene rings is 2. The molecule has 0 bridgehead atoms. The molecule has 1 atom stereocenters. The third-order valence-electron chi connectivity index (χ3n) is 5.34. The number of carbonyl (C=O) groups is 1. The van der Waals surface area contributed by atoms with Crippen LogP contribution in [0, 0.1) is 11.6 Å². The molecular weight excluding hydrogens is 394 g/mol. The lowest BCUT2D eigenvalue weighted by Gasteiger charge is -2.33. The highest BCUT2D eigenvalue weighted by atomic mass is 19.1.